The molecule has 0 aliphatic carbocycles. The molecule has 0 aromatic heterocycles. The van der Waals surface area contributed by atoms with Gasteiger partial charge in [0.15, 0.2) is 0 Å². The molecule has 0 bridgehead atoms. The smallest absolute Gasteiger partial charge is 0.246 e. The number of nitrogens with zero attached hydrogens (tertiary/aromatic N) is 2. The van der Waals surface area contributed by atoms with Crippen molar-refractivity contribution >= 4 is 44.8 Å². The van der Waals surface area contributed by atoms with Crippen LogP contribution in [0.3, 0.4) is 0 Å². The average molecular weight is 447 g/mol. The third kappa shape index (κ3) is 4.49. The second-order valence-electron chi connectivity index (χ2n) is 5.75. The summed E-state index contributed by atoms with van der Waals surface area (Å²) in [5, 5.41) is 13.1. The van der Waals surface area contributed by atoms with Crippen molar-refractivity contribution in [3.05, 3.63) is 51.0 Å². The second-order valence-corrected chi connectivity index (χ2v) is 8.94. The van der Waals surface area contributed by atoms with Crippen molar-refractivity contribution in [3.8, 4) is 17.6 Å². The van der Waals surface area contributed by atoms with E-state index in [1.165, 1.54) is 34.6 Å². The largest absolute Gasteiger partial charge is 0.456 e. The highest BCUT2D eigenvalue weighted by molar-refractivity contribution is 7.89. The highest BCUT2D eigenvalue weighted by Gasteiger charge is 2.30. The van der Waals surface area contributed by atoms with Gasteiger partial charge < -0.3 is 10.1 Å². The summed E-state index contributed by atoms with van der Waals surface area (Å²) in [5.74, 6) is 0.251. The molecule has 1 heterocycles. The zero-order chi connectivity index (χ0) is 19.6. The van der Waals surface area contributed by atoms with Gasteiger partial charge in [-0.3, -0.25) is 0 Å². The minimum absolute atomic E-state index is 0.00383. The lowest BCUT2D eigenvalue weighted by Crippen LogP contribution is -2.46. The van der Waals surface area contributed by atoms with E-state index in [2.05, 4.69) is 5.32 Å². The molecule has 1 aliphatic rings. The number of rotatable bonds is 4. The Morgan fingerprint density at radius 1 is 1.04 bits per heavy atom. The van der Waals surface area contributed by atoms with Crippen molar-refractivity contribution < 1.29 is 13.2 Å². The Morgan fingerprint density at radius 2 is 1.67 bits per heavy atom. The normalized spacial score (nSPS) is 15.3. The summed E-state index contributed by atoms with van der Waals surface area (Å²) < 4.78 is 33.3. The van der Waals surface area contributed by atoms with Gasteiger partial charge >= 0.3 is 0 Å². The van der Waals surface area contributed by atoms with Gasteiger partial charge in [-0.2, -0.15) is 9.57 Å². The van der Waals surface area contributed by atoms with Crippen LogP contribution in [0.5, 0.6) is 11.5 Å². The average Bonchev–Trinajstić information content (AvgIpc) is 2.61. The molecule has 6 nitrogen and oxygen atoms in total. The third-order valence-corrected chi connectivity index (χ3v) is 6.58. The van der Waals surface area contributed by atoms with Gasteiger partial charge in [-0.1, -0.05) is 34.8 Å². The maximum Gasteiger partial charge on any atom is 0.246 e. The highest BCUT2D eigenvalue weighted by atomic mass is 35.5. The molecule has 0 radical (unpaired) electrons. The van der Waals surface area contributed by atoms with Crippen LogP contribution < -0.4 is 10.1 Å². The molecule has 27 heavy (non-hydrogen) atoms. The highest BCUT2D eigenvalue weighted by Crippen LogP contribution is 2.36. The summed E-state index contributed by atoms with van der Waals surface area (Å²) >= 11 is 18.1. The Balaban J connectivity index is 2.10. The lowest BCUT2D eigenvalue weighted by atomic mass is 10.2. The maximum absolute atomic E-state index is 13.1. The molecule has 1 fully saturated rings. The van der Waals surface area contributed by atoms with Crippen molar-refractivity contribution in [2.75, 3.05) is 26.2 Å². The number of nitrogens with one attached hydrogen (secondary N) is 1. The molecule has 0 saturated carbocycles. The van der Waals surface area contributed by atoms with Gasteiger partial charge in [0.05, 0.1) is 10.6 Å². The fourth-order valence-electron chi connectivity index (χ4n) is 2.64. The van der Waals surface area contributed by atoms with Crippen molar-refractivity contribution in [3.63, 3.8) is 0 Å². The molecule has 2 aromatic carbocycles. The van der Waals surface area contributed by atoms with Gasteiger partial charge in [-0.25, -0.2) is 8.42 Å². The monoisotopic (exact) mass is 445 g/mol. The lowest BCUT2D eigenvalue weighted by Gasteiger charge is -2.27. The van der Waals surface area contributed by atoms with Crippen molar-refractivity contribution in [1.29, 1.82) is 5.26 Å². The summed E-state index contributed by atoms with van der Waals surface area (Å²) in [7, 11) is -3.89. The molecule has 1 aliphatic heterocycles. The molecule has 0 unspecified atom stereocenters. The molecule has 0 amide bonds. The Hall–Kier alpha value is -1.53. The van der Waals surface area contributed by atoms with Crippen LogP contribution in [0.4, 0.5) is 0 Å². The van der Waals surface area contributed by atoms with Crippen LogP contribution in [0.15, 0.2) is 35.2 Å². The van der Waals surface area contributed by atoms with Gasteiger partial charge in [-0.15, -0.1) is 0 Å². The molecule has 10 heteroatoms. The predicted octanol–water partition coefficient (Wildman–Crippen LogP) is 3.90. The zero-order valence-electron chi connectivity index (χ0n) is 13.9. The third-order valence-electron chi connectivity index (χ3n) is 3.91. The standard InChI is InChI=1S/C17H14Cl3N3O3S/c18-12-6-13(19)8-14(7-12)26-16-9-15(20)11(10-21)5-17(16)27(24,25)23-3-1-22-2-4-23/h5-9,22H,1-4H2. The van der Waals surface area contributed by atoms with Gasteiger partial charge in [0.1, 0.15) is 22.5 Å². The number of halogens is 3. The van der Waals surface area contributed by atoms with E-state index in [9.17, 15) is 13.7 Å². The van der Waals surface area contributed by atoms with E-state index in [0.717, 1.165) is 0 Å². The summed E-state index contributed by atoms with van der Waals surface area (Å²) in [6.07, 6.45) is 0. The van der Waals surface area contributed by atoms with E-state index in [1.54, 1.807) is 0 Å². The zero-order valence-corrected chi connectivity index (χ0v) is 17.0. The van der Waals surface area contributed by atoms with Crippen molar-refractivity contribution in [1.82, 2.24) is 9.62 Å². The first-order chi connectivity index (χ1) is 12.8. The molecule has 3 rings (SSSR count). The van der Waals surface area contributed by atoms with Gasteiger partial charge in [-0.05, 0) is 24.3 Å². The van der Waals surface area contributed by atoms with E-state index in [-0.39, 0.29) is 27.0 Å². The van der Waals surface area contributed by atoms with Crippen molar-refractivity contribution in [2.24, 2.45) is 0 Å². The second kappa shape index (κ2) is 8.23. The minimum Gasteiger partial charge on any atom is -0.456 e. The number of nitriles is 1. The Labute approximate surface area is 172 Å². The Kier molecular flexibility index (Phi) is 6.16. The van der Waals surface area contributed by atoms with Crippen LogP contribution in [-0.2, 0) is 10.0 Å². The molecule has 0 spiro atoms. The van der Waals surface area contributed by atoms with E-state index < -0.39 is 10.0 Å². The number of benzene rings is 2. The molecule has 2 aromatic rings. The molecule has 0 atom stereocenters. The number of hydrogen-bond acceptors (Lipinski definition) is 5. The van der Waals surface area contributed by atoms with Crippen LogP contribution in [0.1, 0.15) is 5.56 Å². The van der Waals surface area contributed by atoms with Crippen LogP contribution in [0.2, 0.25) is 15.1 Å². The van der Waals surface area contributed by atoms with E-state index >= 15 is 0 Å². The van der Waals surface area contributed by atoms with Crippen molar-refractivity contribution in [2.45, 2.75) is 4.90 Å². The van der Waals surface area contributed by atoms with Crippen LogP contribution in [0, 0.1) is 11.3 Å². The van der Waals surface area contributed by atoms with E-state index in [4.69, 9.17) is 39.5 Å². The van der Waals surface area contributed by atoms with Gasteiger partial charge in [0.2, 0.25) is 10.0 Å². The van der Waals surface area contributed by atoms with Crippen LogP contribution in [-0.4, -0.2) is 38.9 Å². The maximum atomic E-state index is 13.1. The molecular formula is C17H14Cl3N3O3S. The first-order valence-corrected chi connectivity index (χ1v) is 10.5. The Bertz CT molecular complexity index is 996. The Morgan fingerprint density at radius 3 is 2.26 bits per heavy atom. The lowest BCUT2D eigenvalue weighted by molar-refractivity contribution is 0.358. The number of piperazine rings is 1. The summed E-state index contributed by atoms with van der Waals surface area (Å²) in [6.45, 7) is 1.71. The SMILES string of the molecule is N#Cc1cc(S(=O)(=O)N2CCNCC2)c(Oc2cc(Cl)cc(Cl)c2)cc1Cl. The number of hydrogen-bond donors (Lipinski definition) is 1. The molecular weight excluding hydrogens is 433 g/mol. The van der Waals surface area contributed by atoms with Gasteiger partial charge in [0.25, 0.3) is 0 Å². The van der Waals surface area contributed by atoms with Gasteiger partial charge in [0, 0.05) is 42.3 Å². The number of sulfonamides is 1. The molecule has 1 N–H and O–H groups in total. The minimum atomic E-state index is -3.89. The number of ether oxygens (including phenoxy) is 1. The predicted molar refractivity (Wildman–Crippen MR) is 104 cm³/mol. The van der Waals surface area contributed by atoms with E-state index in [0.29, 0.717) is 36.2 Å². The molecule has 142 valence electrons. The summed E-state index contributed by atoms with van der Waals surface area (Å²) in [5.41, 5.74) is 0.0434. The topological polar surface area (TPSA) is 82.4 Å². The van der Waals surface area contributed by atoms with E-state index in [1.807, 2.05) is 6.07 Å². The molecule has 1 saturated heterocycles. The fourth-order valence-corrected chi connectivity index (χ4v) is 4.91. The quantitative estimate of drug-likeness (QED) is 0.770. The van der Waals surface area contributed by atoms with Crippen LogP contribution in [0.25, 0.3) is 0 Å². The fraction of sp³-hybridized carbons (Fsp3) is 0.235. The summed E-state index contributed by atoms with van der Waals surface area (Å²) in [6, 6.07) is 8.96. The first-order valence-electron chi connectivity index (χ1n) is 7.90. The first kappa shape index (κ1) is 20.2. The van der Waals surface area contributed by atoms with Crippen LogP contribution >= 0.6 is 34.8 Å². The summed E-state index contributed by atoms with van der Waals surface area (Å²) in [4.78, 5) is -0.138.